The number of ether oxygens (including phenoxy) is 3. The molecule has 0 radical (unpaired) electrons. The van der Waals surface area contributed by atoms with Gasteiger partial charge in [-0.2, -0.15) is 0 Å². The van der Waals surface area contributed by atoms with E-state index in [2.05, 4.69) is 16.6 Å². The van der Waals surface area contributed by atoms with Crippen molar-refractivity contribution >= 4 is 5.97 Å². The predicted molar refractivity (Wildman–Crippen MR) is 60.0 cm³/mol. The number of carbonyl (C=O) groups is 1. The molecule has 0 spiro atoms. The first-order valence-corrected chi connectivity index (χ1v) is 5.23. The lowest BCUT2D eigenvalue weighted by Gasteiger charge is -2.08. The van der Waals surface area contributed by atoms with Crippen LogP contribution in [0.4, 0.5) is 0 Å². The van der Waals surface area contributed by atoms with Crippen molar-refractivity contribution in [1.29, 1.82) is 0 Å². The molecule has 1 aliphatic heterocycles. The van der Waals surface area contributed by atoms with Crippen molar-refractivity contribution in [3.05, 3.63) is 35.4 Å². The van der Waals surface area contributed by atoms with Crippen LogP contribution >= 0.6 is 0 Å². The summed E-state index contributed by atoms with van der Waals surface area (Å²) in [4.78, 5) is 10.8. The van der Waals surface area contributed by atoms with E-state index >= 15 is 0 Å². The molecule has 0 unspecified atom stereocenters. The Balaban J connectivity index is 2.06. The van der Waals surface area contributed by atoms with Crippen LogP contribution in [0.1, 0.15) is 17.4 Å². The fourth-order valence-electron chi connectivity index (χ4n) is 1.45. The number of benzene rings is 1. The quantitative estimate of drug-likeness (QED) is 0.540. The number of rotatable bonds is 1. The van der Waals surface area contributed by atoms with E-state index in [-0.39, 0.29) is 6.29 Å². The summed E-state index contributed by atoms with van der Waals surface area (Å²) >= 11 is 0. The Bertz CT molecular complexity index is 447. The maximum atomic E-state index is 10.8. The number of hydrogen-bond acceptors (Lipinski definition) is 4. The van der Waals surface area contributed by atoms with Crippen LogP contribution in [0.25, 0.3) is 0 Å². The van der Waals surface area contributed by atoms with Gasteiger partial charge < -0.3 is 14.2 Å². The van der Waals surface area contributed by atoms with E-state index in [9.17, 15) is 4.79 Å². The van der Waals surface area contributed by atoms with Crippen molar-refractivity contribution in [1.82, 2.24) is 0 Å². The maximum absolute atomic E-state index is 10.8. The molecule has 0 atom stereocenters. The van der Waals surface area contributed by atoms with Gasteiger partial charge in [0.05, 0.1) is 20.3 Å². The van der Waals surface area contributed by atoms with Gasteiger partial charge in [0.2, 0.25) is 0 Å². The molecule has 0 N–H and O–H groups in total. The summed E-state index contributed by atoms with van der Waals surface area (Å²) in [5.41, 5.74) is 1.70. The standard InChI is InChI=1S/C13H12O4/c1-15-12(14)7-4-10-2-5-11(6-3-10)13-16-8-9-17-13/h2-3,5-6,13H,8-9H2,1H3. The highest BCUT2D eigenvalue weighted by molar-refractivity contribution is 5.88. The predicted octanol–water partition coefficient (Wildman–Crippen LogP) is 1.26. The summed E-state index contributed by atoms with van der Waals surface area (Å²) in [5, 5.41) is 0. The first-order chi connectivity index (χ1) is 8.29. The van der Waals surface area contributed by atoms with Crippen LogP contribution in [-0.4, -0.2) is 26.3 Å². The van der Waals surface area contributed by atoms with Crippen LogP contribution in [-0.2, 0) is 19.0 Å². The van der Waals surface area contributed by atoms with Gasteiger partial charge in [0.25, 0.3) is 0 Å². The van der Waals surface area contributed by atoms with E-state index in [0.29, 0.717) is 13.2 Å². The Morgan fingerprint density at radius 2 is 1.94 bits per heavy atom. The third-order valence-electron chi connectivity index (χ3n) is 2.30. The summed E-state index contributed by atoms with van der Waals surface area (Å²) in [6, 6.07) is 7.38. The number of esters is 1. The molecule has 0 amide bonds. The first kappa shape index (κ1) is 11.6. The lowest BCUT2D eigenvalue weighted by molar-refractivity contribution is -0.133. The minimum Gasteiger partial charge on any atom is -0.459 e. The maximum Gasteiger partial charge on any atom is 0.384 e. The van der Waals surface area contributed by atoms with Crippen molar-refractivity contribution < 1.29 is 19.0 Å². The van der Waals surface area contributed by atoms with Crippen LogP contribution in [0.5, 0.6) is 0 Å². The molecule has 1 aromatic rings. The molecule has 4 heteroatoms. The van der Waals surface area contributed by atoms with Crippen LogP contribution in [0, 0.1) is 11.8 Å². The molecule has 2 rings (SSSR count). The lowest BCUT2D eigenvalue weighted by Crippen LogP contribution is -1.97. The van der Waals surface area contributed by atoms with Crippen molar-refractivity contribution in [2.75, 3.05) is 20.3 Å². The molecule has 17 heavy (non-hydrogen) atoms. The lowest BCUT2D eigenvalue weighted by atomic mass is 10.1. The minimum absolute atomic E-state index is 0.280. The number of methoxy groups -OCH3 is 1. The summed E-state index contributed by atoms with van der Waals surface area (Å²) < 4.78 is 15.1. The third kappa shape index (κ3) is 3.06. The van der Waals surface area contributed by atoms with Gasteiger partial charge in [-0.25, -0.2) is 4.79 Å². The van der Waals surface area contributed by atoms with Gasteiger partial charge in [-0.15, -0.1) is 0 Å². The van der Waals surface area contributed by atoms with Crippen molar-refractivity contribution in [2.45, 2.75) is 6.29 Å². The van der Waals surface area contributed by atoms with Gasteiger partial charge in [-0.3, -0.25) is 0 Å². The van der Waals surface area contributed by atoms with Gasteiger partial charge >= 0.3 is 5.97 Å². The molecular formula is C13H12O4. The molecular weight excluding hydrogens is 220 g/mol. The van der Waals surface area contributed by atoms with E-state index in [1.54, 1.807) is 0 Å². The van der Waals surface area contributed by atoms with Crippen LogP contribution in [0.15, 0.2) is 24.3 Å². The highest BCUT2D eigenvalue weighted by atomic mass is 16.7. The zero-order valence-electron chi connectivity index (χ0n) is 9.43. The smallest absolute Gasteiger partial charge is 0.384 e. The van der Waals surface area contributed by atoms with Crippen LogP contribution in [0.2, 0.25) is 0 Å². The molecule has 0 aliphatic carbocycles. The molecule has 0 bridgehead atoms. The van der Waals surface area contributed by atoms with Crippen LogP contribution < -0.4 is 0 Å². The molecule has 1 fully saturated rings. The summed E-state index contributed by atoms with van der Waals surface area (Å²) in [7, 11) is 1.30. The fourth-order valence-corrected chi connectivity index (χ4v) is 1.45. The van der Waals surface area contributed by atoms with E-state index in [1.807, 2.05) is 24.3 Å². The van der Waals surface area contributed by atoms with E-state index in [4.69, 9.17) is 9.47 Å². The molecule has 1 heterocycles. The molecule has 1 aromatic carbocycles. The van der Waals surface area contributed by atoms with E-state index in [1.165, 1.54) is 7.11 Å². The SMILES string of the molecule is COC(=O)C#Cc1ccc(C2OCCO2)cc1. The summed E-state index contributed by atoms with van der Waals surface area (Å²) in [6.45, 7) is 1.24. The zero-order valence-corrected chi connectivity index (χ0v) is 9.43. The summed E-state index contributed by atoms with van der Waals surface area (Å²) in [5.74, 6) is 4.53. The Morgan fingerprint density at radius 1 is 1.29 bits per heavy atom. The Hall–Kier alpha value is -1.83. The normalized spacial score (nSPS) is 15.1. The molecule has 1 aliphatic rings. The van der Waals surface area contributed by atoms with Crippen molar-refractivity contribution in [2.24, 2.45) is 0 Å². The highest BCUT2D eigenvalue weighted by Crippen LogP contribution is 2.22. The van der Waals surface area contributed by atoms with Gasteiger partial charge in [0, 0.05) is 17.0 Å². The van der Waals surface area contributed by atoms with Crippen molar-refractivity contribution in [3.63, 3.8) is 0 Å². The van der Waals surface area contributed by atoms with Gasteiger partial charge in [0.1, 0.15) is 0 Å². The Morgan fingerprint density at radius 3 is 2.53 bits per heavy atom. The molecule has 0 aromatic heterocycles. The topological polar surface area (TPSA) is 44.8 Å². The second-order valence-electron chi connectivity index (χ2n) is 3.44. The molecule has 0 saturated carbocycles. The van der Waals surface area contributed by atoms with Crippen LogP contribution in [0.3, 0.4) is 0 Å². The largest absolute Gasteiger partial charge is 0.459 e. The van der Waals surface area contributed by atoms with Gasteiger partial charge in [-0.1, -0.05) is 18.1 Å². The summed E-state index contributed by atoms with van der Waals surface area (Å²) in [6.07, 6.45) is -0.280. The fraction of sp³-hybridized carbons (Fsp3) is 0.308. The number of hydrogen-bond donors (Lipinski definition) is 0. The van der Waals surface area contributed by atoms with Crippen molar-refractivity contribution in [3.8, 4) is 11.8 Å². The molecule has 1 saturated heterocycles. The third-order valence-corrected chi connectivity index (χ3v) is 2.30. The Labute approximate surface area is 99.5 Å². The second kappa shape index (κ2) is 5.48. The molecule has 4 nitrogen and oxygen atoms in total. The first-order valence-electron chi connectivity index (χ1n) is 5.23. The second-order valence-corrected chi connectivity index (χ2v) is 3.44. The van der Waals surface area contributed by atoms with E-state index < -0.39 is 5.97 Å². The highest BCUT2D eigenvalue weighted by Gasteiger charge is 2.17. The average Bonchev–Trinajstić information content (AvgIpc) is 2.90. The minimum atomic E-state index is -0.545. The van der Waals surface area contributed by atoms with E-state index in [0.717, 1.165) is 11.1 Å². The van der Waals surface area contributed by atoms with Gasteiger partial charge in [0.15, 0.2) is 6.29 Å². The zero-order chi connectivity index (χ0) is 12.1. The number of carbonyl (C=O) groups excluding carboxylic acids is 1. The van der Waals surface area contributed by atoms with Gasteiger partial charge in [-0.05, 0) is 12.1 Å². The average molecular weight is 232 g/mol. The Kier molecular flexibility index (Phi) is 3.76. The molecule has 88 valence electrons. The monoisotopic (exact) mass is 232 g/mol.